The van der Waals surface area contributed by atoms with Gasteiger partial charge in [0.15, 0.2) is 6.61 Å². The highest BCUT2D eigenvalue weighted by Crippen LogP contribution is 2.31. The SMILES string of the molecule is O=C(COc1ccc(Cl)cc1S(=O)(=O)N1CCCC1)N1CCN(C/C=C/c2ccccc2)CC1. The Balaban J connectivity index is 1.29. The summed E-state index contributed by atoms with van der Waals surface area (Å²) in [6, 6.07) is 14.7. The lowest BCUT2D eigenvalue weighted by Crippen LogP contribution is -2.49. The summed E-state index contributed by atoms with van der Waals surface area (Å²) in [5, 5.41) is 0.314. The summed E-state index contributed by atoms with van der Waals surface area (Å²) in [7, 11) is -3.72. The van der Waals surface area contributed by atoms with Gasteiger partial charge in [-0.05, 0) is 36.6 Å². The van der Waals surface area contributed by atoms with Gasteiger partial charge in [-0.25, -0.2) is 8.42 Å². The van der Waals surface area contributed by atoms with Gasteiger partial charge in [0.2, 0.25) is 10.0 Å². The van der Waals surface area contributed by atoms with Crippen LogP contribution in [-0.2, 0) is 14.8 Å². The van der Waals surface area contributed by atoms with Crippen LogP contribution in [0.3, 0.4) is 0 Å². The molecule has 2 aliphatic heterocycles. The quantitative estimate of drug-likeness (QED) is 0.552. The fourth-order valence-electron chi connectivity index (χ4n) is 4.18. The van der Waals surface area contributed by atoms with E-state index in [-0.39, 0.29) is 23.2 Å². The lowest BCUT2D eigenvalue weighted by Gasteiger charge is -2.34. The first kappa shape index (κ1) is 24.7. The van der Waals surface area contributed by atoms with E-state index in [4.69, 9.17) is 16.3 Å². The number of hydrogen-bond acceptors (Lipinski definition) is 5. The van der Waals surface area contributed by atoms with E-state index >= 15 is 0 Å². The summed E-state index contributed by atoms with van der Waals surface area (Å²) in [6.07, 6.45) is 5.91. The minimum Gasteiger partial charge on any atom is -0.482 e. The van der Waals surface area contributed by atoms with E-state index < -0.39 is 10.0 Å². The van der Waals surface area contributed by atoms with Crippen LogP contribution in [0.5, 0.6) is 5.75 Å². The highest BCUT2D eigenvalue weighted by atomic mass is 35.5. The molecule has 9 heteroatoms. The molecule has 2 saturated heterocycles. The second-order valence-electron chi connectivity index (χ2n) is 8.49. The second kappa shape index (κ2) is 11.4. The molecule has 0 saturated carbocycles. The molecule has 2 fully saturated rings. The maximum atomic E-state index is 13.0. The first-order valence-corrected chi connectivity index (χ1v) is 13.4. The average Bonchev–Trinajstić information content (AvgIpc) is 3.40. The summed E-state index contributed by atoms with van der Waals surface area (Å²) in [5.41, 5.74) is 1.17. The van der Waals surface area contributed by atoms with E-state index in [2.05, 4.69) is 29.2 Å². The van der Waals surface area contributed by atoms with Gasteiger partial charge >= 0.3 is 0 Å². The summed E-state index contributed by atoms with van der Waals surface area (Å²) >= 11 is 6.08. The lowest BCUT2D eigenvalue weighted by molar-refractivity contribution is -0.135. The molecule has 2 heterocycles. The molecule has 34 heavy (non-hydrogen) atoms. The first-order chi connectivity index (χ1) is 16.4. The average molecular weight is 504 g/mol. The van der Waals surface area contributed by atoms with Crippen molar-refractivity contribution in [2.45, 2.75) is 17.7 Å². The second-order valence-corrected chi connectivity index (χ2v) is 10.8. The molecule has 182 valence electrons. The highest BCUT2D eigenvalue weighted by Gasteiger charge is 2.31. The normalized spacial score (nSPS) is 18.0. The van der Waals surface area contributed by atoms with E-state index in [1.807, 2.05) is 18.2 Å². The Morgan fingerprint density at radius 3 is 2.38 bits per heavy atom. The summed E-state index contributed by atoms with van der Waals surface area (Å²) < 4.78 is 33.3. The zero-order valence-corrected chi connectivity index (χ0v) is 20.7. The third kappa shape index (κ3) is 6.18. The predicted molar refractivity (Wildman–Crippen MR) is 133 cm³/mol. The van der Waals surface area contributed by atoms with Gasteiger partial charge in [-0.3, -0.25) is 9.69 Å². The van der Waals surface area contributed by atoms with Crippen LogP contribution in [-0.4, -0.2) is 80.9 Å². The van der Waals surface area contributed by atoms with Gasteiger partial charge in [0.05, 0.1) is 0 Å². The molecule has 0 spiro atoms. The van der Waals surface area contributed by atoms with E-state index in [0.717, 1.165) is 32.5 Å². The Morgan fingerprint density at radius 2 is 1.68 bits per heavy atom. The van der Waals surface area contributed by atoms with Crippen LogP contribution in [0.15, 0.2) is 59.5 Å². The summed E-state index contributed by atoms with van der Waals surface area (Å²) in [6.45, 7) is 4.37. The van der Waals surface area contributed by atoms with Crippen LogP contribution >= 0.6 is 11.6 Å². The third-order valence-corrected chi connectivity index (χ3v) is 8.29. The van der Waals surface area contributed by atoms with Gasteiger partial charge in [-0.1, -0.05) is 54.1 Å². The largest absolute Gasteiger partial charge is 0.482 e. The number of hydrogen-bond donors (Lipinski definition) is 0. The van der Waals surface area contributed by atoms with Crippen molar-refractivity contribution in [1.82, 2.24) is 14.1 Å². The topological polar surface area (TPSA) is 70.2 Å². The molecule has 4 rings (SSSR count). The lowest BCUT2D eigenvalue weighted by atomic mass is 10.2. The van der Waals surface area contributed by atoms with Crippen LogP contribution in [0.25, 0.3) is 6.08 Å². The Bertz CT molecular complexity index is 1110. The molecule has 2 aromatic carbocycles. The fraction of sp³-hybridized carbons (Fsp3) is 0.400. The number of nitrogens with zero attached hydrogens (tertiary/aromatic N) is 3. The van der Waals surface area contributed by atoms with E-state index in [9.17, 15) is 13.2 Å². The van der Waals surface area contributed by atoms with Crippen molar-refractivity contribution in [1.29, 1.82) is 0 Å². The highest BCUT2D eigenvalue weighted by molar-refractivity contribution is 7.89. The van der Waals surface area contributed by atoms with Crippen molar-refractivity contribution < 1.29 is 17.9 Å². The molecule has 0 bridgehead atoms. The number of carbonyl (C=O) groups excluding carboxylic acids is 1. The molecular formula is C25H30ClN3O4S. The molecule has 7 nitrogen and oxygen atoms in total. The fourth-order valence-corrected chi connectivity index (χ4v) is 6.09. The molecule has 0 radical (unpaired) electrons. The Labute approximate surface area is 206 Å². The van der Waals surface area contributed by atoms with E-state index in [0.29, 0.717) is 31.2 Å². The van der Waals surface area contributed by atoms with Gasteiger partial charge in [0.1, 0.15) is 10.6 Å². The van der Waals surface area contributed by atoms with Gasteiger partial charge in [-0.15, -0.1) is 0 Å². The van der Waals surface area contributed by atoms with Crippen LogP contribution in [0.2, 0.25) is 5.02 Å². The molecular weight excluding hydrogens is 474 g/mol. The number of piperazine rings is 1. The number of halogens is 1. The number of carbonyl (C=O) groups is 1. The molecule has 2 aliphatic rings. The van der Waals surface area contributed by atoms with Crippen molar-refractivity contribution in [2.75, 3.05) is 52.4 Å². The monoisotopic (exact) mass is 503 g/mol. The van der Waals surface area contributed by atoms with Gasteiger partial charge < -0.3 is 9.64 Å². The number of ether oxygens (including phenoxy) is 1. The van der Waals surface area contributed by atoms with E-state index in [1.165, 1.54) is 22.0 Å². The van der Waals surface area contributed by atoms with Crippen LogP contribution in [0.1, 0.15) is 18.4 Å². The Morgan fingerprint density at radius 1 is 0.971 bits per heavy atom. The molecule has 0 aliphatic carbocycles. The summed E-state index contributed by atoms with van der Waals surface area (Å²) in [4.78, 5) is 16.8. The Hall–Kier alpha value is -2.39. The van der Waals surface area contributed by atoms with E-state index in [1.54, 1.807) is 11.0 Å². The Kier molecular flexibility index (Phi) is 8.26. The van der Waals surface area contributed by atoms with Crippen LogP contribution in [0.4, 0.5) is 0 Å². The van der Waals surface area contributed by atoms with Crippen molar-refractivity contribution in [3.8, 4) is 5.75 Å². The molecule has 0 atom stereocenters. The maximum Gasteiger partial charge on any atom is 0.260 e. The minimum absolute atomic E-state index is 0.0183. The van der Waals surface area contributed by atoms with Crippen LogP contribution < -0.4 is 4.74 Å². The van der Waals surface area contributed by atoms with Crippen molar-refractivity contribution in [2.24, 2.45) is 0 Å². The zero-order chi connectivity index (χ0) is 24.0. The summed E-state index contributed by atoms with van der Waals surface area (Å²) in [5.74, 6) is 0.00767. The molecule has 2 aromatic rings. The molecule has 1 amide bonds. The van der Waals surface area contributed by atoms with Crippen LogP contribution in [0, 0.1) is 0 Å². The van der Waals surface area contributed by atoms with Crippen molar-refractivity contribution >= 4 is 33.6 Å². The molecule has 0 aromatic heterocycles. The minimum atomic E-state index is -3.72. The number of sulfonamides is 1. The standard InChI is InChI=1S/C25H30ClN3O4S/c26-22-10-11-23(24(19-22)34(31,32)29-13-4-5-14-29)33-20-25(30)28-17-15-27(16-18-28)12-6-9-21-7-2-1-3-8-21/h1-3,6-11,19H,4-5,12-18,20H2/b9-6+. The third-order valence-electron chi connectivity index (χ3n) is 6.14. The maximum absolute atomic E-state index is 13.0. The van der Waals surface area contributed by atoms with Crippen molar-refractivity contribution in [3.05, 3.63) is 65.2 Å². The first-order valence-electron chi connectivity index (χ1n) is 11.6. The van der Waals surface area contributed by atoms with Gasteiger partial charge in [-0.2, -0.15) is 4.31 Å². The number of amides is 1. The predicted octanol–water partition coefficient (Wildman–Crippen LogP) is 3.36. The number of benzene rings is 2. The number of rotatable bonds is 8. The van der Waals surface area contributed by atoms with Gasteiger partial charge in [0.25, 0.3) is 5.91 Å². The van der Waals surface area contributed by atoms with Gasteiger partial charge in [0, 0.05) is 50.8 Å². The molecule has 0 unspecified atom stereocenters. The zero-order valence-electron chi connectivity index (χ0n) is 19.1. The van der Waals surface area contributed by atoms with Crippen molar-refractivity contribution in [3.63, 3.8) is 0 Å². The molecule has 0 N–H and O–H groups in total. The smallest absolute Gasteiger partial charge is 0.260 e.